The van der Waals surface area contributed by atoms with E-state index in [4.69, 9.17) is 9.47 Å². The minimum atomic E-state index is -1.85. The highest BCUT2D eigenvalue weighted by atomic mass is 19.2. The van der Waals surface area contributed by atoms with Gasteiger partial charge in [-0.05, 0) is 55.9 Å². The molecule has 3 aromatic carbocycles. The number of carbonyl (C=O) groups excluding carboxylic acids is 4. The number of esters is 1. The largest absolute Gasteiger partial charge is 0.485 e. The van der Waals surface area contributed by atoms with Gasteiger partial charge in [-0.2, -0.15) is 8.78 Å². The van der Waals surface area contributed by atoms with Crippen molar-refractivity contribution in [2.45, 2.75) is 77.5 Å². The molecule has 0 spiro atoms. The number of amides is 3. The first-order valence-corrected chi connectivity index (χ1v) is 16.2. The number of hydrogen-bond donors (Lipinski definition) is 3. The van der Waals surface area contributed by atoms with Crippen molar-refractivity contribution in [3.8, 4) is 5.75 Å². The maximum absolute atomic E-state index is 14.2. The van der Waals surface area contributed by atoms with Crippen molar-refractivity contribution < 1.29 is 51.3 Å². The van der Waals surface area contributed by atoms with Crippen LogP contribution < -0.4 is 20.3 Å². The number of nitrogens with zero attached hydrogens (tertiary/aromatic N) is 1. The van der Waals surface area contributed by atoms with E-state index in [1.807, 2.05) is 32.9 Å². The number of benzene rings is 3. The number of rotatable bonds is 9. The molecule has 1 aliphatic rings. The Labute approximate surface area is 293 Å². The monoisotopic (exact) mass is 715 g/mol. The molecule has 3 amide bonds. The van der Waals surface area contributed by atoms with E-state index in [1.54, 1.807) is 57.2 Å². The van der Waals surface area contributed by atoms with Crippen LogP contribution in [0.5, 0.6) is 5.75 Å². The molecule has 14 heteroatoms. The molecule has 0 radical (unpaired) electrons. The molecule has 1 aliphatic heterocycles. The second-order valence-corrected chi connectivity index (χ2v) is 14.3. The molecular weight excluding hydrogens is 674 g/mol. The molecule has 0 aliphatic carbocycles. The molecule has 3 atom stereocenters. The number of anilines is 2. The van der Waals surface area contributed by atoms with Crippen LogP contribution in [-0.4, -0.2) is 59.7 Å². The van der Waals surface area contributed by atoms with Crippen molar-refractivity contribution in [3.05, 3.63) is 89.0 Å². The molecule has 1 heterocycles. The zero-order chi connectivity index (χ0) is 37.8. The second kappa shape index (κ2) is 15.5. The van der Waals surface area contributed by atoms with Gasteiger partial charge in [0.05, 0.1) is 18.4 Å². The first kappa shape index (κ1) is 38.8. The number of hydrogen-bond acceptors (Lipinski definition) is 7. The smallest absolute Gasteiger partial charge is 0.316 e. The lowest BCUT2D eigenvalue weighted by molar-refractivity contribution is -0.156. The van der Waals surface area contributed by atoms with Gasteiger partial charge in [0, 0.05) is 24.0 Å². The zero-order valence-corrected chi connectivity index (χ0v) is 29.1. The Balaban J connectivity index is 1.56. The first-order chi connectivity index (χ1) is 23.8. The maximum Gasteiger partial charge on any atom is 0.316 e. The zero-order valence-electron chi connectivity index (χ0n) is 29.1. The summed E-state index contributed by atoms with van der Waals surface area (Å²) < 4.78 is 66.1. The minimum absolute atomic E-state index is 0.00965. The molecule has 10 nitrogen and oxygen atoms in total. The lowest BCUT2D eigenvalue weighted by atomic mass is 9.86. The number of fused-ring (bicyclic) bond motifs is 1. The fraction of sp³-hybridized carbons (Fsp3) is 0.405. The number of carbonyl (C=O) groups is 4. The Morgan fingerprint density at radius 3 is 2.16 bits per heavy atom. The lowest BCUT2D eigenvalue weighted by Gasteiger charge is -2.35. The number of para-hydroxylation sites is 2. The third-order valence-electron chi connectivity index (χ3n) is 8.01. The van der Waals surface area contributed by atoms with E-state index in [9.17, 15) is 41.8 Å². The van der Waals surface area contributed by atoms with Gasteiger partial charge in [0.25, 0.3) is 0 Å². The predicted molar refractivity (Wildman–Crippen MR) is 180 cm³/mol. The first-order valence-electron chi connectivity index (χ1n) is 16.2. The Kier molecular flexibility index (Phi) is 11.8. The molecule has 4 rings (SSSR count). The number of halogens is 4. The molecule has 0 saturated carbocycles. The van der Waals surface area contributed by atoms with E-state index in [-0.39, 0.29) is 24.4 Å². The van der Waals surface area contributed by atoms with Gasteiger partial charge in [-0.15, -0.1) is 0 Å². The standard InChI is InChI=1S/C37H41F4N3O7/c1-36(2,3)22-12-8-9-13-25(22)42-34(48)35(49)44-18-21(15-20-11-7-10-14-27(20)44)33(47)43-26(17-29(46)51-37(4,5)6)28(45)19-50-32-30(40)23(38)16-24(39)31(32)41/h7-14,16,21,26,28,45H,15,17-19H2,1-6H3,(H,42,48)(H,43,47)/t21?,26-,28?/m0/s1. The highest BCUT2D eigenvalue weighted by molar-refractivity contribution is 6.44. The fourth-order valence-electron chi connectivity index (χ4n) is 5.62. The quantitative estimate of drug-likeness (QED) is 0.118. The molecule has 274 valence electrons. The van der Waals surface area contributed by atoms with Crippen molar-refractivity contribution in [2.24, 2.45) is 5.92 Å². The van der Waals surface area contributed by atoms with Crippen LogP contribution in [0, 0.1) is 29.2 Å². The molecular formula is C37H41F4N3O7. The van der Waals surface area contributed by atoms with Crippen LogP contribution in [0.25, 0.3) is 0 Å². The summed E-state index contributed by atoms with van der Waals surface area (Å²) >= 11 is 0. The highest BCUT2D eigenvalue weighted by Crippen LogP contribution is 2.32. The average molecular weight is 716 g/mol. The third kappa shape index (κ3) is 9.63. The van der Waals surface area contributed by atoms with Crippen molar-refractivity contribution in [1.29, 1.82) is 0 Å². The van der Waals surface area contributed by atoms with Crippen molar-refractivity contribution in [2.75, 3.05) is 23.4 Å². The van der Waals surface area contributed by atoms with Gasteiger partial charge < -0.3 is 30.1 Å². The second-order valence-electron chi connectivity index (χ2n) is 14.3. The molecule has 0 aromatic heterocycles. The normalized spacial score (nSPS) is 15.7. The highest BCUT2D eigenvalue weighted by Gasteiger charge is 2.37. The van der Waals surface area contributed by atoms with Gasteiger partial charge in [-0.1, -0.05) is 57.2 Å². The molecule has 0 saturated heterocycles. The van der Waals surface area contributed by atoms with Crippen LogP contribution in [0.15, 0.2) is 54.6 Å². The molecule has 0 bridgehead atoms. The van der Waals surface area contributed by atoms with E-state index in [2.05, 4.69) is 10.6 Å². The van der Waals surface area contributed by atoms with E-state index in [0.29, 0.717) is 16.9 Å². The minimum Gasteiger partial charge on any atom is -0.485 e. The Hall–Kier alpha value is -4.98. The van der Waals surface area contributed by atoms with Gasteiger partial charge in [0.2, 0.25) is 17.5 Å². The topological polar surface area (TPSA) is 134 Å². The number of ether oxygens (including phenoxy) is 2. The summed E-state index contributed by atoms with van der Waals surface area (Å²) in [5.41, 5.74) is 0.914. The van der Waals surface area contributed by atoms with Crippen molar-refractivity contribution in [1.82, 2.24) is 5.32 Å². The average Bonchev–Trinajstić information content (AvgIpc) is 3.05. The van der Waals surface area contributed by atoms with Gasteiger partial charge in [-0.3, -0.25) is 19.2 Å². The van der Waals surface area contributed by atoms with Crippen LogP contribution in [-0.2, 0) is 35.8 Å². The van der Waals surface area contributed by atoms with Gasteiger partial charge in [0.15, 0.2) is 17.4 Å². The summed E-state index contributed by atoms with van der Waals surface area (Å²) in [5.74, 6) is -13.1. The van der Waals surface area contributed by atoms with E-state index in [0.717, 1.165) is 5.56 Å². The number of nitrogens with one attached hydrogen (secondary N) is 2. The Morgan fingerprint density at radius 1 is 0.922 bits per heavy atom. The van der Waals surface area contributed by atoms with Crippen LogP contribution in [0.4, 0.5) is 28.9 Å². The van der Waals surface area contributed by atoms with Crippen LogP contribution in [0.3, 0.4) is 0 Å². The van der Waals surface area contributed by atoms with E-state index < -0.39 is 89.4 Å². The lowest BCUT2D eigenvalue weighted by Crippen LogP contribution is -2.53. The van der Waals surface area contributed by atoms with Crippen molar-refractivity contribution >= 4 is 35.1 Å². The summed E-state index contributed by atoms with van der Waals surface area (Å²) in [6, 6.07) is 12.3. The summed E-state index contributed by atoms with van der Waals surface area (Å²) in [5, 5.41) is 16.2. The summed E-state index contributed by atoms with van der Waals surface area (Å²) in [4.78, 5) is 54.8. The van der Waals surface area contributed by atoms with Gasteiger partial charge in [-0.25, -0.2) is 8.78 Å². The van der Waals surface area contributed by atoms with Gasteiger partial charge in [0.1, 0.15) is 18.3 Å². The van der Waals surface area contributed by atoms with Crippen LogP contribution in [0.1, 0.15) is 59.1 Å². The van der Waals surface area contributed by atoms with Crippen molar-refractivity contribution in [3.63, 3.8) is 0 Å². The molecule has 0 fully saturated rings. The molecule has 2 unspecified atom stereocenters. The van der Waals surface area contributed by atoms with E-state index >= 15 is 0 Å². The van der Waals surface area contributed by atoms with Gasteiger partial charge >= 0.3 is 17.8 Å². The maximum atomic E-state index is 14.2. The Morgan fingerprint density at radius 2 is 1.53 bits per heavy atom. The van der Waals surface area contributed by atoms with E-state index in [1.165, 1.54) is 4.90 Å². The summed E-state index contributed by atoms with van der Waals surface area (Å²) in [6.45, 7) is 9.38. The summed E-state index contributed by atoms with van der Waals surface area (Å²) in [7, 11) is 0. The summed E-state index contributed by atoms with van der Waals surface area (Å²) in [6.07, 6.45) is -2.39. The SMILES string of the molecule is CC(C)(C)OC(=O)C[C@H](NC(=O)C1Cc2ccccc2N(C(=O)C(=O)Nc2ccccc2C(C)(C)C)C1)C(O)COc1c(F)c(F)cc(F)c1F. The third-order valence-corrected chi connectivity index (χ3v) is 8.01. The predicted octanol–water partition coefficient (Wildman–Crippen LogP) is 5.34. The molecule has 51 heavy (non-hydrogen) atoms. The van der Waals surface area contributed by atoms with Crippen LogP contribution >= 0.6 is 0 Å². The Bertz CT molecular complexity index is 1780. The molecule has 3 aromatic rings. The molecule has 3 N–H and O–H groups in total. The number of aliphatic hydroxyl groups is 1. The fourth-order valence-corrected chi connectivity index (χ4v) is 5.62. The van der Waals surface area contributed by atoms with Crippen LogP contribution in [0.2, 0.25) is 0 Å². The number of aliphatic hydroxyl groups excluding tert-OH is 1.